The second-order valence-corrected chi connectivity index (χ2v) is 6.98. The first kappa shape index (κ1) is 16.6. The summed E-state index contributed by atoms with van der Waals surface area (Å²) < 4.78 is 5.39. The van der Waals surface area contributed by atoms with Gasteiger partial charge in [-0.15, -0.1) is 0 Å². The maximum Gasteiger partial charge on any atom is 0.233 e. The number of hydrogen-bond acceptors (Lipinski definition) is 5. The summed E-state index contributed by atoms with van der Waals surface area (Å²) in [6.07, 6.45) is 2.10. The van der Waals surface area contributed by atoms with Crippen LogP contribution in [0.25, 0.3) is 22.3 Å². The number of benzene rings is 2. The average molecular weight is 370 g/mol. The molecule has 0 unspecified atom stereocenters. The van der Waals surface area contributed by atoms with E-state index in [1.54, 1.807) is 6.20 Å². The number of aromatic nitrogens is 3. The average Bonchev–Trinajstić information content (AvgIpc) is 3.17. The largest absolute Gasteiger partial charge is 0.341 e. The third-order valence-electron chi connectivity index (χ3n) is 5.14. The molecule has 1 aliphatic heterocycles. The van der Waals surface area contributed by atoms with E-state index < -0.39 is 0 Å². The normalized spacial score (nSPS) is 14.2. The molecule has 5 rings (SSSR count). The van der Waals surface area contributed by atoms with E-state index in [4.69, 9.17) is 4.52 Å². The topological polar surface area (TPSA) is 72.1 Å². The highest BCUT2D eigenvalue weighted by molar-refractivity contribution is 5.90. The number of rotatable bonds is 4. The van der Waals surface area contributed by atoms with Gasteiger partial charge in [-0.05, 0) is 28.5 Å². The summed E-state index contributed by atoms with van der Waals surface area (Å²) in [5, 5.41) is 6.30. The second-order valence-electron chi connectivity index (χ2n) is 6.98. The number of nitrogens with zero attached hydrogens (tertiary/aromatic N) is 4. The van der Waals surface area contributed by atoms with Crippen molar-refractivity contribution >= 4 is 16.7 Å². The first-order valence-corrected chi connectivity index (χ1v) is 9.27. The highest BCUT2D eigenvalue weighted by Crippen LogP contribution is 2.28. The molecule has 0 atom stereocenters. The summed E-state index contributed by atoms with van der Waals surface area (Å²) in [6.45, 7) is 1.21. The Morgan fingerprint density at radius 1 is 1.04 bits per heavy atom. The molecule has 2 aromatic heterocycles. The Morgan fingerprint density at radius 3 is 2.71 bits per heavy atom. The number of hydrogen-bond donors (Lipinski definition) is 0. The Labute approximate surface area is 161 Å². The summed E-state index contributed by atoms with van der Waals surface area (Å²) in [5.41, 5.74) is 1.74. The molecule has 1 amide bonds. The molecule has 3 heterocycles. The van der Waals surface area contributed by atoms with Crippen molar-refractivity contribution in [3.63, 3.8) is 0 Å². The zero-order valence-electron chi connectivity index (χ0n) is 15.2. The highest BCUT2D eigenvalue weighted by atomic mass is 16.5. The van der Waals surface area contributed by atoms with E-state index in [0.29, 0.717) is 36.9 Å². The van der Waals surface area contributed by atoms with E-state index in [9.17, 15) is 4.79 Å². The predicted octanol–water partition coefficient (Wildman–Crippen LogP) is 3.45. The molecule has 0 bridgehead atoms. The van der Waals surface area contributed by atoms with Gasteiger partial charge < -0.3 is 9.42 Å². The van der Waals surface area contributed by atoms with Gasteiger partial charge in [0.15, 0.2) is 0 Å². The zero-order chi connectivity index (χ0) is 18.9. The van der Waals surface area contributed by atoms with Crippen LogP contribution in [-0.4, -0.2) is 39.0 Å². The smallest absolute Gasteiger partial charge is 0.233 e. The summed E-state index contributed by atoms with van der Waals surface area (Å²) in [4.78, 5) is 23.2. The number of carbonyl (C=O) groups excluding carboxylic acids is 1. The molecule has 1 saturated heterocycles. The Morgan fingerprint density at radius 2 is 1.86 bits per heavy atom. The Kier molecular flexibility index (Phi) is 4.09. The molecule has 28 heavy (non-hydrogen) atoms. The van der Waals surface area contributed by atoms with Crippen molar-refractivity contribution in [1.29, 1.82) is 0 Å². The lowest BCUT2D eigenvalue weighted by Gasteiger charge is -2.37. The molecule has 0 aliphatic carbocycles. The Hall–Kier alpha value is -3.54. The standard InChI is InChI=1S/C22H18N4O2/c27-20(12-16-8-5-7-15-6-1-2-9-18(15)16)26-13-17(14-26)22-24-21(25-28-22)19-10-3-4-11-23-19/h1-11,17H,12-14H2. The van der Waals surface area contributed by atoms with Crippen molar-refractivity contribution in [2.24, 2.45) is 0 Å². The van der Waals surface area contributed by atoms with Gasteiger partial charge in [0.25, 0.3) is 0 Å². The fourth-order valence-corrected chi connectivity index (χ4v) is 3.56. The van der Waals surface area contributed by atoms with Crippen LogP contribution in [0.4, 0.5) is 0 Å². The maximum absolute atomic E-state index is 12.7. The van der Waals surface area contributed by atoms with Crippen molar-refractivity contribution < 1.29 is 9.32 Å². The van der Waals surface area contributed by atoms with Gasteiger partial charge in [-0.2, -0.15) is 4.98 Å². The molecule has 6 nitrogen and oxygen atoms in total. The highest BCUT2D eigenvalue weighted by Gasteiger charge is 2.35. The van der Waals surface area contributed by atoms with Crippen LogP contribution in [0.2, 0.25) is 0 Å². The maximum atomic E-state index is 12.7. The quantitative estimate of drug-likeness (QED) is 0.550. The summed E-state index contributed by atoms with van der Waals surface area (Å²) >= 11 is 0. The predicted molar refractivity (Wildman–Crippen MR) is 105 cm³/mol. The molecule has 1 fully saturated rings. The number of likely N-dealkylation sites (tertiary alicyclic amines) is 1. The van der Waals surface area contributed by atoms with Crippen LogP contribution in [0.3, 0.4) is 0 Å². The summed E-state index contributed by atoms with van der Waals surface area (Å²) in [6, 6.07) is 19.8. The van der Waals surface area contributed by atoms with Gasteiger partial charge in [0, 0.05) is 19.3 Å². The van der Waals surface area contributed by atoms with Gasteiger partial charge in [-0.25, -0.2) is 0 Å². The minimum absolute atomic E-state index is 0.0847. The van der Waals surface area contributed by atoms with E-state index in [-0.39, 0.29) is 11.8 Å². The zero-order valence-corrected chi connectivity index (χ0v) is 15.2. The minimum Gasteiger partial charge on any atom is -0.341 e. The van der Waals surface area contributed by atoms with E-state index in [2.05, 4.69) is 33.3 Å². The monoisotopic (exact) mass is 370 g/mol. The SMILES string of the molecule is O=C(Cc1cccc2ccccc12)N1CC(c2nc(-c3ccccn3)no2)C1. The van der Waals surface area contributed by atoms with Crippen LogP contribution in [0.1, 0.15) is 17.4 Å². The lowest BCUT2D eigenvalue weighted by Crippen LogP contribution is -2.49. The molecule has 0 spiro atoms. The minimum atomic E-state index is 0.0847. The number of fused-ring (bicyclic) bond motifs is 1. The number of carbonyl (C=O) groups is 1. The van der Waals surface area contributed by atoms with E-state index in [1.807, 2.05) is 47.4 Å². The third-order valence-corrected chi connectivity index (χ3v) is 5.14. The lowest BCUT2D eigenvalue weighted by atomic mass is 9.97. The van der Waals surface area contributed by atoms with Gasteiger partial charge in [-0.3, -0.25) is 9.78 Å². The van der Waals surface area contributed by atoms with Gasteiger partial charge in [-0.1, -0.05) is 53.7 Å². The van der Waals surface area contributed by atoms with Crippen molar-refractivity contribution in [2.45, 2.75) is 12.3 Å². The fourth-order valence-electron chi connectivity index (χ4n) is 3.56. The Bertz CT molecular complexity index is 1130. The number of amides is 1. The summed E-state index contributed by atoms with van der Waals surface area (Å²) in [5.74, 6) is 1.25. The van der Waals surface area contributed by atoms with Crippen molar-refractivity contribution in [1.82, 2.24) is 20.0 Å². The van der Waals surface area contributed by atoms with Crippen molar-refractivity contribution in [2.75, 3.05) is 13.1 Å². The van der Waals surface area contributed by atoms with Crippen molar-refractivity contribution in [3.05, 3.63) is 78.3 Å². The molecule has 1 aliphatic rings. The van der Waals surface area contributed by atoms with Crippen LogP contribution in [0.5, 0.6) is 0 Å². The molecule has 0 N–H and O–H groups in total. The molecular weight excluding hydrogens is 352 g/mol. The van der Waals surface area contributed by atoms with Crippen LogP contribution in [0, 0.1) is 0 Å². The molecular formula is C22H18N4O2. The number of pyridine rings is 1. The molecule has 138 valence electrons. The van der Waals surface area contributed by atoms with Crippen LogP contribution in [0.15, 0.2) is 71.4 Å². The van der Waals surface area contributed by atoms with Gasteiger partial charge in [0.1, 0.15) is 5.69 Å². The fraction of sp³-hybridized carbons (Fsp3) is 0.182. The first-order chi connectivity index (χ1) is 13.8. The van der Waals surface area contributed by atoms with Crippen LogP contribution in [-0.2, 0) is 11.2 Å². The molecule has 6 heteroatoms. The van der Waals surface area contributed by atoms with Gasteiger partial charge in [0.2, 0.25) is 17.6 Å². The molecule has 2 aromatic carbocycles. The van der Waals surface area contributed by atoms with E-state index in [1.165, 1.54) is 0 Å². The molecule has 0 radical (unpaired) electrons. The van der Waals surface area contributed by atoms with Crippen LogP contribution < -0.4 is 0 Å². The van der Waals surface area contributed by atoms with Gasteiger partial charge in [0.05, 0.1) is 12.3 Å². The van der Waals surface area contributed by atoms with E-state index in [0.717, 1.165) is 16.3 Å². The first-order valence-electron chi connectivity index (χ1n) is 9.27. The molecule has 0 saturated carbocycles. The van der Waals surface area contributed by atoms with Crippen molar-refractivity contribution in [3.8, 4) is 11.5 Å². The summed E-state index contributed by atoms with van der Waals surface area (Å²) in [7, 11) is 0. The van der Waals surface area contributed by atoms with E-state index >= 15 is 0 Å². The van der Waals surface area contributed by atoms with Gasteiger partial charge >= 0.3 is 0 Å². The second kappa shape index (κ2) is 6.88. The molecule has 4 aromatic rings. The third kappa shape index (κ3) is 3.03. The lowest BCUT2D eigenvalue weighted by molar-refractivity contribution is -0.135. The Balaban J connectivity index is 1.24. The van der Waals surface area contributed by atoms with Crippen LogP contribution >= 0.6 is 0 Å².